The quantitative estimate of drug-likeness (QED) is 0.771. The van der Waals surface area contributed by atoms with Crippen molar-refractivity contribution in [3.8, 4) is 0 Å². The van der Waals surface area contributed by atoms with Gasteiger partial charge in [0.05, 0.1) is 0 Å². The topological polar surface area (TPSA) is 30.0 Å². The highest BCUT2D eigenvalue weighted by Gasteiger charge is 2.20. The highest BCUT2D eigenvalue weighted by molar-refractivity contribution is 5.69. The van der Waals surface area contributed by atoms with Crippen LogP contribution in [0.25, 0.3) is 0 Å². The molecule has 0 aromatic heterocycles. The van der Waals surface area contributed by atoms with Crippen LogP contribution in [0.15, 0.2) is 18.2 Å². The maximum Gasteiger partial charge on any atom is 0.124 e. The second-order valence-electron chi connectivity index (χ2n) is 6.76. The Hall–Kier alpha value is -1.59. The Morgan fingerprint density at radius 2 is 1.43 bits per heavy atom. The molecule has 2 saturated heterocycles. The first kappa shape index (κ1) is 16.3. The summed E-state index contributed by atoms with van der Waals surface area (Å²) >= 11 is 0. The second kappa shape index (κ2) is 7.32. The summed E-state index contributed by atoms with van der Waals surface area (Å²) in [7, 11) is 4.35. The second-order valence-corrected chi connectivity index (χ2v) is 6.76. The number of anilines is 2. The average Bonchev–Trinajstić information content (AvgIpc) is 2.57. The van der Waals surface area contributed by atoms with E-state index in [0.29, 0.717) is 6.42 Å². The van der Waals surface area contributed by atoms with E-state index < -0.39 is 0 Å². The van der Waals surface area contributed by atoms with E-state index in [4.69, 9.17) is 0 Å². The van der Waals surface area contributed by atoms with Crippen molar-refractivity contribution in [3.63, 3.8) is 0 Å². The normalized spacial score (nSPS) is 20.8. The maximum absolute atomic E-state index is 11.0. The molecule has 0 N–H and O–H groups in total. The molecule has 126 valence electrons. The fourth-order valence-corrected chi connectivity index (χ4v) is 3.42. The first-order valence-electron chi connectivity index (χ1n) is 8.61. The van der Waals surface area contributed by atoms with Gasteiger partial charge in [0.15, 0.2) is 0 Å². The number of aldehydes is 1. The minimum Gasteiger partial charge on any atom is -0.369 e. The van der Waals surface area contributed by atoms with Crippen LogP contribution < -0.4 is 9.80 Å². The average molecular weight is 316 g/mol. The van der Waals surface area contributed by atoms with Gasteiger partial charge in [-0.2, -0.15) is 0 Å². The van der Waals surface area contributed by atoms with Gasteiger partial charge >= 0.3 is 0 Å². The Balaban J connectivity index is 1.82. The Morgan fingerprint density at radius 1 is 0.870 bits per heavy atom. The molecule has 5 heteroatoms. The van der Waals surface area contributed by atoms with Gasteiger partial charge in [-0.25, -0.2) is 0 Å². The van der Waals surface area contributed by atoms with Crippen LogP contribution in [0.1, 0.15) is 5.56 Å². The number of piperazine rings is 2. The van der Waals surface area contributed by atoms with Crippen LogP contribution in [0.5, 0.6) is 0 Å². The van der Waals surface area contributed by atoms with E-state index in [2.05, 4.69) is 51.9 Å². The Bertz CT molecular complexity index is 532. The largest absolute Gasteiger partial charge is 0.369 e. The highest BCUT2D eigenvalue weighted by atomic mass is 16.1. The monoisotopic (exact) mass is 316 g/mol. The summed E-state index contributed by atoms with van der Waals surface area (Å²) in [6, 6.07) is 6.63. The molecule has 23 heavy (non-hydrogen) atoms. The maximum atomic E-state index is 11.0. The number of carbonyl (C=O) groups excluding carboxylic acids is 1. The van der Waals surface area contributed by atoms with E-state index in [9.17, 15) is 4.79 Å². The minimum absolute atomic E-state index is 0.505. The number of benzene rings is 1. The molecule has 2 fully saturated rings. The molecule has 1 aromatic rings. The van der Waals surface area contributed by atoms with Crippen LogP contribution >= 0.6 is 0 Å². The van der Waals surface area contributed by atoms with Crippen molar-refractivity contribution in [3.05, 3.63) is 23.8 Å². The SMILES string of the molecule is CN1CCN(c2ccc(CC=O)c(N3CCN(C)CC3)c2)CC1. The third-order valence-electron chi connectivity index (χ3n) is 5.08. The predicted molar refractivity (Wildman–Crippen MR) is 95.6 cm³/mol. The number of hydrogen-bond donors (Lipinski definition) is 0. The molecular weight excluding hydrogens is 288 g/mol. The lowest BCUT2D eigenvalue weighted by Crippen LogP contribution is -2.45. The lowest BCUT2D eigenvalue weighted by Gasteiger charge is -2.37. The summed E-state index contributed by atoms with van der Waals surface area (Å²) in [6.45, 7) is 8.61. The van der Waals surface area contributed by atoms with Gasteiger partial charge in [-0.05, 0) is 31.8 Å². The van der Waals surface area contributed by atoms with Crippen molar-refractivity contribution in [2.24, 2.45) is 0 Å². The van der Waals surface area contributed by atoms with Crippen LogP contribution in [0.2, 0.25) is 0 Å². The zero-order chi connectivity index (χ0) is 16.2. The molecule has 2 aliphatic rings. The van der Waals surface area contributed by atoms with Crippen LogP contribution in [-0.2, 0) is 11.2 Å². The van der Waals surface area contributed by atoms with E-state index in [0.717, 1.165) is 64.2 Å². The minimum atomic E-state index is 0.505. The number of hydrogen-bond acceptors (Lipinski definition) is 5. The Labute approximate surface area is 139 Å². The van der Waals surface area contributed by atoms with E-state index in [1.165, 1.54) is 11.4 Å². The third-order valence-corrected chi connectivity index (χ3v) is 5.08. The van der Waals surface area contributed by atoms with E-state index in [1.54, 1.807) is 0 Å². The molecule has 3 rings (SSSR count). The fraction of sp³-hybridized carbons (Fsp3) is 0.611. The lowest BCUT2D eigenvalue weighted by molar-refractivity contribution is -0.107. The summed E-state index contributed by atoms with van der Waals surface area (Å²) in [6.07, 6.45) is 1.52. The summed E-state index contributed by atoms with van der Waals surface area (Å²) in [5.41, 5.74) is 3.70. The molecule has 0 aliphatic carbocycles. The molecular formula is C18H28N4O. The number of rotatable bonds is 4. The number of nitrogens with zero attached hydrogens (tertiary/aromatic N) is 4. The van der Waals surface area contributed by atoms with Crippen molar-refractivity contribution >= 4 is 17.7 Å². The zero-order valence-electron chi connectivity index (χ0n) is 14.4. The Morgan fingerprint density at radius 3 is 2.00 bits per heavy atom. The third kappa shape index (κ3) is 3.85. The molecule has 2 aliphatic heterocycles. The van der Waals surface area contributed by atoms with Gasteiger partial charge in [0.25, 0.3) is 0 Å². The molecule has 0 saturated carbocycles. The highest BCUT2D eigenvalue weighted by Crippen LogP contribution is 2.28. The van der Waals surface area contributed by atoms with Gasteiger partial charge in [0.2, 0.25) is 0 Å². The smallest absolute Gasteiger partial charge is 0.124 e. The number of carbonyl (C=O) groups is 1. The van der Waals surface area contributed by atoms with Crippen LogP contribution in [0.3, 0.4) is 0 Å². The predicted octanol–water partition coefficient (Wildman–Crippen LogP) is 0.932. The van der Waals surface area contributed by atoms with Gasteiger partial charge < -0.3 is 24.4 Å². The van der Waals surface area contributed by atoms with Crippen LogP contribution in [-0.4, -0.2) is 82.5 Å². The molecule has 0 radical (unpaired) electrons. The molecule has 1 aromatic carbocycles. The van der Waals surface area contributed by atoms with Crippen molar-refractivity contribution in [2.75, 3.05) is 76.3 Å². The van der Waals surface area contributed by atoms with Crippen molar-refractivity contribution < 1.29 is 4.79 Å². The molecule has 0 bridgehead atoms. The van der Waals surface area contributed by atoms with E-state index in [1.807, 2.05) is 0 Å². The first-order valence-corrected chi connectivity index (χ1v) is 8.61. The molecule has 0 spiro atoms. The summed E-state index contributed by atoms with van der Waals surface area (Å²) in [5.74, 6) is 0. The molecule has 0 amide bonds. The van der Waals surface area contributed by atoms with Crippen molar-refractivity contribution in [1.82, 2.24) is 9.80 Å². The van der Waals surface area contributed by atoms with Crippen LogP contribution in [0.4, 0.5) is 11.4 Å². The van der Waals surface area contributed by atoms with Crippen LogP contribution in [0, 0.1) is 0 Å². The number of likely N-dealkylation sites (N-methyl/N-ethyl adjacent to an activating group) is 2. The fourth-order valence-electron chi connectivity index (χ4n) is 3.42. The van der Waals surface area contributed by atoms with Gasteiger partial charge in [-0.1, -0.05) is 6.07 Å². The Kier molecular flexibility index (Phi) is 5.18. The van der Waals surface area contributed by atoms with Gasteiger partial charge in [0, 0.05) is 70.2 Å². The van der Waals surface area contributed by atoms with Gasteiger partial charge in [-0.3, -0.25) is 0 Å². The summed E-state index contributed by atoms with van der Waals surface area (Å²) in [4.78, 5) is 20.7. The van der Waals surface area contributed by atoms with Crippen molar-refractivity contribution in [2.45, 2.75) is 6.42 Å². The van der Waals surface area contributed by atoms with E-state index in [-0.39, 0.29) is 0 Å². The standard InChI is InChI=1S/C18H28N4O/c1-19-6-10-21(11-7-19)17-4-3-16(5-14-23)18(15-17)22-12-8-20(2)9-13-22/h3-4,14-15H,5-13H2,1-2H3. The van der Waals surface area contributed by atoms with E-state index >= 15 is 0 Å². The summed E-state index contributed by atoms with van der Waals surface area (Å²) < 4.78 is 0. The van der Waals surface area contributed by atoms with Crippen molar-refractivity contribution in [1.29, 1.82) is 0 Å². The zero-order valence-corrected chi connectivity index (χ0v) is 14.4. The molecule has 0 atom stereocenters. The first-order chi connectivity index (χ1) is 11.2. The van der Waals surface area contributed by atoms with Gasteiger partial charge in [0.1, 0.15) is 6.29 Å². The lowest BCUT2D eigenvalue weighted by atomic mass is 10.1. The molecule has 5 nitrogen and oxygen atoms in total. The molecule has 0 unspecified atom stereocenters. The van der Waals surface area contributed by atoms with Gasteiger partial charge in [-0.15, -0.1) is 0 Å². The molecule has 2 heterocycles. The summed E-state index contributed by atoms with van der Waals surface area (Å²) in [5, 5.41) is 0.